The Balaban J connectivity index is 2.02. The molecule has 2 aromatic heterocycles. The lowest BCUT2D eigenvalue weighted by Gasteiger charge is -2.25. The second-order valence-corrected chi connectivity index (χ2v) is 6.29. The van der Waals surface area contributed by atoms with Gasteiger partial charge in [0.25, 0.3) is 0 Å². The molecule has 0 aliphatic carbocycles. The average Bonchev–Trinajstić information content (AvgIpc) is 2.93. The quantitative estimate of drug-likeness (QED) is 0.855. The zero-order valence-corrected chi connectivity index (χ0v) is 12.0. The highest BCUT2D eigenvalue weighted by molar-refractivity contribution is 5.36. The Bertz CT molecular complexity index is 587. The van der Waals surface area contributed by atoms with Gasteiger partial charge in [0.15, 0.2) is 0 Å². The minimum absolute atomic E-state index is 0.0749. The van der Waals surface area contributed by atoms with Gasteiger partial charge in [0.05, 0.1) is 17.9 Å². The zero-order chi connectivity index (χ0) is 13.6. The first-order chi connectivity index (χ1) is 8.95. The summed E-state index contributed by atoms with van der Waals surface area (Å²) in [5.74, 6) is 0.977. The Morgan fingerprint density at radius 3 is 2.74 bits per heavy atom. The third-order valence-corrected chi connectivity index (χ3v) is 3.65. The number of nitrogens with zero attached hydrogens (tertiary/aromatic N) is 4. The average molecular weight is 259 g/mol. The molecule has 0 radical (unpaired) electrons. The molecule has 0 spiro atoms. The summed E-state index contributed by atoms with van der Waals surface area (Å²) in [5.41, 5.74) is 2.46. The topological polar surface area (TPSA) is 47.7 Å². The van der Waals surface area contributed by atoms with E-state index in [1.54, 1.807) is 0 Å². The van der Waals surface area contributed by atoms with Crippen LogP contribution in [0.1, 0.15) is 44.5 Å². The van der Waals surface area contributed by atoms with Crippen molar-refractivity contribution in [1.29, 1.82) is 0 Å². The fraction of sp³-hybridized carbons (Fsp3) is 0.571. The van der Waals surface area contributed by atoms with Crippen LogP contribution in [0.15, 0.2) is 18.6 Å². The fourth-order valence-electron chi connectivity index (χ4n) is 2.52. The molecule has 1 atom stereocenters. The predicted molar refractivity (Wildman–Crippen MR) is 75.4 cm³/mol. The number of anilines is 1. The molecule has 1 unspecified atom stereocenters. The molecular formula is C14H21N5. The monoisotopic (exact) mass is 259 g/mol. The third-order valence-electron chi connectivity index (χ3n) is 3.65. The van der Waals surface area contributed by atoms with Crippen LogP contribution in [0.25, 0.3) is 0 Å². The van der Waals surface area contributed by atoms with E-state index in [1.807, 2.05) is 17.9 Å². The molecule has 1 aliphatic heterocycles. The third kappa shape index (κ3) is 2.13. The molecule has 1 N–H and O–H groups in total. The van der Waals surface area contributed by atoms with Crippen molar-refractivity contribution in [2.45, 2.75) is 38.6 Å². The van der Waals surface area contributed by atoms with Crippen molar-refractivity contribution in [3.05, 3.63) is 29.8 Å². The molecule has 5 heteroatoms. The largest absolute Gasteiger partial charge is 0.356 e. The van der Waals surface area contributed by atoms with E-state index in [9.17, 15) is 0 Å². The van der Waals surface area contributed by atoms with Gasteiger partial charge in [-0.25, -0.2) is 4.98 Å². The maximum absolute atomic E-state index is 4.73. The lowest BCUT2D eigenvalue weighted by atomic mass is 9.93. The van der Waals surface area contributed by atoms with Crippen molar-refractivity contribution in [2.75, 3.05) is 11.9 Å². The maximum atomic E-state index is 4.73. The van der Waals surface area contributed by atoms with Crippen molar-refractivity contribution < 1.29 is 0 Å². The van der Waals surface area contributed by atoms with Crippen LogP contribution in [-0.2, 0) is 12.5 Å². The summed E-state index contributed by atoms with van der Waals surface area (Å²) < 4.78 is 4.11. The smallest absolute Gasteiger partial charge is 0.203 e. The Hall–Kier alpha value is -1.78. The molecular weight excluding hydrogens is 238 g/mol. The summed E-state index contributed by atoms with van der Waals surface area (Å²) in [6.07, 6.45) is 7.30. The SMILES string of the molecule is Cn1cc(C2CCNc3nc(C(C)(C)C)cn32)cn1. The van der Waals surface area contributed by atoms with E-state index in [0.717, 1.165) is 24.6 Å². The number of imidazole rings is 1. The number of hydrogen-bond acceptors (Lipinski definition) is 3. The minimum atomic E-state index is 0.0749. The summed E-state index contributed by atoms with van der Waals surface area (Å²) in [6, 6.07) is 0.341. The molecule has 0 amide bonds. The Morgan fingerprint density at radius 1 is 1.32 bits per heavy atom. The first-order valence-corrected chi connectivity index (χ1v) is 6.77. The van der Waals surface area contributed by atoms with Crippen LogP contribution in [0.4, 0.5) is 5.95 Å². The number of rotatable bonds is 1. The van der Waals surface area contributed by atoms with Gasteiger partial charge in [0.2, 0.25) is 5.95 Å². The van der Waals surface area contributed by atoms with Gasteiger partial charge >= 0.3 is 0 Å². The second-order valence-electron chi connectivity index (χ2n) is 6.29. The van der Waals surface area contributed by atoms with Gasteiger partial charge < -0.3 is 9.88 Å². The lowest BCUT2D eigenvalue weighted by Crippen LogP contribution is -2.23. The van der Waals surface area contributed by atoms with E-state index in [0.29, 0.717) is 6.04 Å². The molecule has 0 bridgehead atoms. The molecule has 5 nitrogen and oxygen atoms in total. The Morgan fingerprint density at radius 2 is 2.11 bits per heavy atom. The molecule has 2 aromatic rings. The number of aryl methyl sites for hydroxylation is 1. The number of aromatic nitrogens is 4. The van der Waals surface area contributed by atoms with Crippen molar-refractivity contribution >= 4 is 5.95 Å². The molecule has 0 saturated heterocycles. The van der Waals surface area contributed by atoms with Gasteiger partial charge in [-0.05, 0) is 6.42 Å². The highest BCUT2D eigenvalue weighted by atomic mass is 15.3. The lowest BCUT2D eigenvalue weighted by molar-refractivity contribution is 0.526. The number of nitrogens with one attached hydrogen (secondary N) is 1. The van der Waals surface area contributed by atoms with Gasteiger partial charge in [-0.3, -0.25) is 4.68 Å². The highest BCUT2D eigenvalue weighted by Crippen LogP contribution is 2.32. The summed E-state index contributed by atoms with van der Waals surface area (Å²) in [6.45, 7) is 7.54. The first kappa shape index (κ1) is 12.3. The molecule has 0 saturated carbocycles. The van der Waals surface area contributed by atoms with E-state index < -0.39 is 0 Å². The summed E-state index contributed by atoms with van der Waals surface area (Å²) >= 11 is 0. The fourth-order valence-corrected chi connectivity index (χ4v) is 2.52. The van der Waals surface area contributed by atoms with Crippen LogP contribution >= 0.6 is 0 Å². The Kier molecular flexibility index (Phi) is 2.66. The van der Waals surface area contributed by atoms with Crippen molar-refractivity contribution in [2.24, 2.45) is 7.05 Å². The van der Waals surface area contributed by atoms with Gasteiger partial charge in [0.1, 0.15) is 0 Å². The standard InChI is InChI=1S/C14H21N5/c1-14(2,3)12-9-19-11(5-6-15-13(19)17-12)10-7-16-18(4)8-10/h7-9,11H,5-6H2,1-4H3,(H,15,17). The van der Waals surface area contributed by atoms with E-state index in [1.165, 1.54) is 5.56 Å². The van der Waals surface area contributed by atoms with Crippen LogP contribution in [0.5, 0.6) is 0 Å². The number of hydrogen-bond donors (Lipinski definition) is 1. The van der Waals surface area contributed by atoms with Gasteiger partial charge in [-0.1, -0.05) is 20.8 Å². The van der Waals surface area contributed by atoms with Crippen LogP contribution < -0.4 is 5.32 Å². The predicted octanol–water partition coefficient (Wildman–Crippen LogP) is 2.32. The van der Waals surface area contributed by atoms with E-state index in [4.69, 9.17) is 4.98 Å². The summed E-state index contributed by atoms with van der Waals surface area (Å²) in [5, 5.41) is 7.67. The highest BCUT2D eigenvalue weighted by Gasteiger charge is 2.27. The minimum Gasteiger partial charge on any atom is -0.356 e. The van der Waals surface area contributed by atoms with E-state index in [-0.39, 0.29) is 5.41 Å². The maximum Gasteiger partial charge on any atom is 0.203 e. The van der Waals surface area contributed by atoms with E-state index >= 15 is 0 Å². The normalized spacial score (nSPS) is 19.1. The van der Waals surface area contributed by atoms with Gasteiger partial charge in [-0.2, -0.15) is 5.10 Å². The van der Waals surface area contributed by atoms with Gasteiger partial charge in [-0.15, -0.1) is 0 Å². The second kappa shape index (κ2) is 4.11. The molecule has 0 fully saturated rings. The molecule has 3 heterocycles. The van der Waals surface area contributed by atoms with Crippen LogP contribution in [0, 0.1) is 0 Å². The molecule has 19 heavy (non-hydrogen) atoms. The van der Waals surface area contributed by atoms with Crippen molar-refractivity contribution in [1.82, 2.24) is 19.3 Å². The van der Waals surface area contributed by atoms with Crippen LogP contribution in [-0.4, -0.2) is 25.9 Å². The molecule has 3 rings (SSSR count). The molecule has 102 valence electrons. The molecule has 1 aliphatic rings. The summed E-state index contributed by atoms with van der Waals surface area (Å²) in [4.78, 5) is 4.73. The zero-order valence-electron chi connectivity index (χ0n) is 12.0. The van der Waals surface area contributed by atoms with E-state index in [2.05, 4.69) is 48.1 Å². The van der Waals surface area contributed by atoms with Crippen molar-refractivity contribution in [3.8, 4) is 0 Å². The molecule has 0 aromatic carbocycles. The summed E-state index contributed by atoms with van der Waals surface area (Å²) in [7, 11) is 1.96. The Labute approximate surface area is 113 Å². The first-order valence-electron chi connectivity index (χ1n) is 6.77. The van der Waals surface area contributed by atoms with Crippen LogP contribution in [0.3, 0.4) is 0 Å². The number of fused-ring (bicyclic) bond motifs is 1. The van der Waals surface area contributed by atoms with Crippen molar-refractivity contribution in [3.63, 3.8) is 0 Å². The van der Waals surface area contributed by atoms with Gasteiger partial charge in [0, 0.05) is 37.0 Å². The van der Waals surface area contributed by atoms with Crippen LogP contribution in [0.2, 0.25) is 0 Å².